The highest BCUT2D eigenvalue weighted by atomic mass is 32.2. The first-order valence-electron chi connectivity index (χ1n) is 10.6. The number of hydrogen-bond acceptors (Lipinski definition) is 4. The first kappa shape index (κ1) is 22.5. The highest BCUT2D eigenvalue weighted by Gasteiger charge is 2.17. The van der Waals surface area contributed by atoms with Crippen LogP contribution in [-0.4, -0.2) is 25.6 Å². The largest absolute Gasteiger partial charge is 0.345 e. The Morgan fingerprint density at radius 3 is 2.30 bits per heavy atom. The van der Waals surface area contributed by atoms with Gasteiger partial charge in [0.15, 0.2) is 0 Å². The first-order valence-corrected chi connectivity index (χ1v) is 12.4. The van der Waals surface area contributed by atoms with Crippen molar-refractivity contribution in [2.45, 2.75) is 19.9 Å². The molecule has 0 spiro atoms. The number of fused-ring (bicyclic) bond motifs is 1. The monoisotopic (exact) mass is 459 g/mol. The zero-order valence-electron chi connectivity index (χ0n) is 18.7. The smallest absolute Gasteiger partial charge is 0.252 e. The Kier molecular flexibility index (Phi) is 6.16. The molecule has 0 aliphatic heterocycles. The number of anilines is 1. The molecule has 0 saturated carbocycles. The number of pyridine rings is 1. The van der Waals surface area contributed by atoms with Crippen molar-refractivity contribution in [1.82, 2.24) is 10.3 Å². The zero-order valence-corrected chi connectivity index (χ0v) is 19.5. The van der Waals surface area contributed by atoms with Crippen molar-refractivity contribution in [3.8, 4) is 11.3 Å². The number of carbonyl (C=O) groups is 1. The van der Waals surface area contributed by atoms with Crippen molar-refractivity contribution >= 4 is 32.5 Å². The van der Waals surface area contributed by atoms with Gasteiger partial charge in [0.05, 0.1) is 23.5 Å². The van der Waals surface area contributed by atoms with Crippen molar-refractivity contribution in [1.29, 1.82) is 0 Å². The van der Waals surface area contributed by atoms with Gasteiger partial charge in [0.1, 0.15) is 0 Å². The molecule has 168 valence electrons. The van der Waals surface area contributed by atoms with Crippen molar-refractivity contribution in [3.05, 3.63) is 95.6 Å². The lowest BCUT2D eigenvalue weighted by Crippen LogP contribution is -2.27. The van der Waals surface area contributed by atoms with E-state index in [2.05, 4.69) is 10.0 Å². The summed E-state index contributed by atoms with van der Waals surface area (Å²) in [5.41, 5.74) is 5.42. The van der Waals surface area contributed by atoms with E-state index in [9.17, 15) is 13.2 Å². The lowest BCUT2D eigenvalue weighted by molar-refractivity contribution is 0.0939. The Morgan fingerprint density at radius 1 is 0.939 bits per heavy atom. The molecule has 1 unspecified atom stereocenters. The van der Waals surface area contributed by atoms with Crippen LogP contribution in [0.15, 0.2) is 78.9 Å². The number of aryl methyl sites for hydroxylation is 1. The van der Waals surface area contributed by atoms with E-state index in [-0.39, 0.29) is 11.9 Å². The summed E-state index contributed by atoms with van der Waals surface area (Å²) in [6.45, 7) is 3.88. The number of nitrogens with zero attached hydrogens (tertiary/aromatic N) is 1. The van der Waals surface area contributed by atoms with Gasteiger partial charge in [0, 0.05) is 22.2 Å². The molecule has 1 aromatic heterocycles. The molecule has 33 heavy (non-hydrogen) atoms. The maximum atomic E-state index is 12.9. The SMILES string of the molecule is Cc1ccccc1C(=O)NC(C)c1cc(-c2ccc(NS(C)(=O)=O)cc2)nc2ccccc12. The maximum Gasteiger partial charge on any atom is 0.252 e. The van der Waals surface area contributed by atoms with Gasteiger partial charge in [-0.3, -0.25) is 9.52 Å². The van der Waals surface area contributed by atoms with Crippen LogP contribution in [0.2, 0.25) is 0 Å². The van der Waals surface area contributed by atoms with E-state index < -0.39 is 10.0 Å². The van der Waals surface area contributed by atoms with Crippen molar-refractivity contribution in [3.63, 3.8) is 0 Å². The number of carbonyl (C=O) groups excluding carboxylic acids is 1. The summed E-state index contributed by atoms with van der Waals surface area (Å²) in [5, 5.41) is 4.08. The molecule has 7 heteroatoms. The van der Waals surface area contributed by atoms with E-state index in [0.717, 1.165) is 39.5 Å². The lowest BCUT2D eigenvalue weighted by Gasteiger charge is -2.18. The highest BCUT2D eigenvalue weighted by Crippen LogP contribution is 2.29. The second-order valence-electron chi connectivity index (χ2n) is 8.08. The Balaban J connectivity index is 1.70. The van der Waals surface area contributed by atoms with Gasteiger partial charge in [-0.15, -0.1) is 0 Å². The molecule has 4 rings (SSSR count). The molecule has 1 amide bonds. The van der Waals surface area contributed by atoms with Crippen LogP contribution in [0.3, 0.4) is 0 Å². The summed E-state index contributed by atoms with van der Waals surface area (Å²) in [7, 11) is -3.34. The molecule has 0 aliphatic rings. The van der Waals surface area contributed by atoms with Crippen LogP contribution in [-0.2, 0) is 10.0 Å². The second-order valence-corrected chi connectivity index (χ2v) is 9.82. The van der Waals surface area contributed by atoms with E-state index in [1.54, 1.807) is 12.1 Å². The average molecular weight is 460 g/mol. The third-order valence-corrected chi connectivity index (χ3v) is 6.04. The topological polar surface area (TPSA) is 88.2 Å². The predicted octanol–water partition coefficient (Wildman–Crippen LogP) is 5.07. The van der Waals surface area contributed by atoms with Gasteiger partial charge in [0.2, 0.25) is 10.0 Å². The average Bonchev–Trinajstić information content (AvgIpc) is 2.78. The molecule has 0 fully saturated rings. The van der Waals surface area contributed by atoms with Crippen LogP contribution in [0.4, 0.5) is 5.69 Å². The van der Waals surface area contributed by atoms with Crippen LogP contribution in [0.5, 0.6) is 0 Å². The van der Waals surface area contributed by atoms with Gasteiger partial charge in [-0.2, -0.15) is 0 Å². The summed E-state index contributed by atoms with van der Waals surface area (Å²) in [5.74, 6) is -0.126. The molecule has 0 bridgehead atoms. The van der Waals surface area contributed by atoms with Crippen LogP contribution in [0.25, 0.3) is 22.2 Å². The molecule has 0 saturated heterocycles. The minimum absolute atomic E-state index is 0.126. The van der Waals surface area contributed by atoms with Gasteiger partial charge in [-0.05, 0) is 55.3 Å². The standard InChI is InChI=1S/C26H25N3O3S/c1-17-8-4-5-9-21(17)26(30)27-18(2)23-16-25(28-24-11-7-6-10-22(23)24)19-12-14-20(15-13-19)29-33(3,31)32/h4-16,18,29H,1-3H3,(H,27,30). The quantitative estimate of drug-likeness (QED) is 0.421. The Hall–Kier alpha value is -3.71. The predicted molar refractivity (Wildman–Crippen MR) is 133 cm³/mol. The van der Waals surface area contributed by atoms with Gasteiger partial charge < -0.3 is 5.32 Å². The molecule has 3 aromatic carbocycles. The van der Waals surface area contributed by atoms with Gasteiger partial charge in [-0.1, -0.05) is 48.5 Å². The Morgan fingerprint density at radius 2 is 1.61 bits per heavy atom. The summed E-state index contributed by atoms with van der Waals surface area (Å²) >= 11 is 0. The van der Waals surface area contributed by atoms with E-state index in [4.69, 9.17) is 4.98 Å². The van der Waals surface area contributed by atoms with Crippen molar-refractivity contribution < 1.29 is 13.2 Å². The number of para-hydroxylation sites is 1. The normalized spacial score (nSPS) is 12.3. The fourth-order valence-electron chi connectivity index (χ4n) is 3.81. The minimum Gasteiger partial charge on any atom is -0.345 e. The molecule has 0 aliphatic carbocycles. The number of amides is 1. The third kappa shape index (κ3) is 5.21. The summed E-state index contributed by atoms with van der Waals surface area (Å²) < 4.78 is 25.4. The molecule has 1 atom stereocenters. The molecule has 2 N–H and O–H groups in total. The molecule has 4 aromatic rings. The van der Waals surface area contributed by atoms with E-state index in [0.29, 0.717) is 11.3 Å². The maximum absolute atomic E-state index is 12.9. The fraction of sp³-hybridized carbons (Fsp3) is 0.154. The summed E-state index contributed by atoms with van der Waals surface area (Å²) in [6, 6.07) is 24.1. The zero-order chi connectivity index (χ0) is 23.6. The molecular formula is C26H25N3O3S. The van der Waals surface area contributed by atoms with Gasteiger partial charge in [0.25, 0.3) is 5.91 Å². The van der Waals surface area contributed by atoms with E-state index >= 15 is 0 Å². The molecular weight excluding hydrogens is 434 g/mol. The number of benzene rings is 3. The van der Waals surface area contributed by atoms with Crippen LogP contribution >= 0.6 is 0 Å². The number of nitrogens with one attached hydrogen (secondary N) is 2. The number of hydrogen-bond donors (Lipinski definition) is 2. The second kappa shape index (κ2) is 9.03. The van der Waals surface area contributed by atoms with E-state index in [1.807, 2.05) is 80.6 Å². The first-order chi connectivity index (χ1) is 15.7. The summed E-state index contributed by atoms with van der Waals surface area (Å²) in [4.78, 5) is 17.7. The molecule has 6 nitrogen and oxygen atoms in total. The Bertz CT molecular complexity index is 1430. The van der Waals surface area contributed by atoms with Crippen LogP contribution in [0.1, 0.15) is 34.5 Å². The third-order valence-electron chi connectivity index (χ3n) is 5.44. The highest BCUT2D eigenvalue weighted by molar-refractivity contribution is 7.92. The van der Waals surface area contributed by atoms with Gasteiger partial charge >= 0.3 is 0 Å². The van der Waals surface area contributed by atoms with Gasteiger partial charge in [-0.25, -0.2) is 13.4 Å². The Labute approximate surface area is 193 Å². The van der Waals surface area contributed by atoms with Crippen molar-refractivity contribution in [2.24, 2.45) is 0 Å². The number of rotatable bonds is 6. The van der Waals surface area contributed by atoms with E-state index in [1.165, 1.54) is 0 Å². The fourth-order valence-corrected chi connectivity index (χ4v) is 4.38. The number of sulfonamides is 1. The molecule has 0 radical (unpaired) electrons. The minimum atomic E-state index is -3.34. The van der Waals surface area contributed by atoms with Crippen molar-refractivity contribution in [2.75, 3.05) is 11.0 Å². The van der Waals surface area contributed by atoms with Crippen LogP contribution in [0, 0.1) is 6.92 Å². The van der Waals surface area contributed by atoms with Crippen LogP contribution < -0.4 is 10.0 Å². The number of aromatic nitrogens is 1. The lowest BCUT2D eigenvalue weighted by atomic mass is 9.99. The molecule has 1 heterocycles. The summed E-state index contributed by atoms with van der Waals surface area (Å²) in [6.07, 6.45) is 1.12.